The van der Waals surface area contributed by atoms with Crippen molar-refractivity contribution in [2.75, 3.05) is 6.61 Å². The molecule has 0 unspecified atom stereocenters. The van der Waals surface area contributed by atoms with Crippen molar-refractivity contribution < 1.29 is 14.3 Å². The SMILES string of the molecule is N#Cc1ccccc1COc1ccc(Br)cc1/C=N/NC(=O)COc1cccc2cccnc12. The second-order valence-electron chi connectivity index (χ2n) is 7.15. The molecule has 8 heteroatoms. The molecule has 168 valence electrons. The van der Waals surface area contributed by atoms with Crippen molar-refractivity contribution in [3.63, 3.8) is 0 Å². The van der Waals surface area contributed by atoms with Crippen molar-refractivity contribution in [2.24, 2.45) is 5.10 Å². The van der Waals surface area contributed by atoms with Crippen molar-refractivity contribution in [1.29, 1.82) is 5.26 Å². The molecule has 4 aromatic rings. The molecule has 0 aliphatic heterocycles. The molecule has 0 radical (unpaired) electrons. The summed E-state index contributed by atoms with van der Waals surface area (Å²) in [5.74, 6) is 0.675. The number of carbonyl (C=O) groups excluding carboxylic acids is 1. The summed E-state index contributed by atoms with van der Waals surface area (Å²) in [6.45, 7) is 0.0191. The molecule has 0 aliphatic rings. The van der Waals surface area contributed by atoms with Crippen LogP contribution in [0.25, 0.3) is 10.9 Å². The van der Waals surface area contributed by atoms with Gasteiger partial charge in [0.05, 0.1) is 17.8 Å². The van der Waals surface area contributed by atoms with E-state index in [1.165, 1.54) is 6.21 Å². The normalized spacial score (nSPS) is 10.7. The third-order valence-electron chi connectivity index (χ3n) is 4.84. The number of para-hydroxylation sites is 1. The average molecular weight is 515 g/mol. The van der Waals surface area contributed by atoms with Crippen LogP contribution in [0.3, 0.4) is 0 Å². The van der Waals surface area contributed by atoms with Crippen LogP contribution in [0.2, 0.25) is 0 Å². The number of nitriles is 1. The quantitative estimate of drug-likeness (QED) is 0.264. The Bertz CT molecular complexity index is 1390. The predicted octanol–water partition coefficient (Wildman–Crippen LogP) is 4.98. The van der Waals surface area contributed by atoms with Crippen LogP contribution in [0.1, 0.15) is 16.7 Å². The van der Waals surface area contributed by atoms with Crippen LogP contribution in [0.4, 0.5) is 0 Å². The van der Waals surface area contributed by atoms with Crippen LogP contribution in [-0.4, -0.2) is 23.7 Å². The molecule has 0 bridgehead atoms. The lowest BCUT2D eigenvalue weighted by atomic mass is 10.1. The maximum Gasteiger partial charge on any atom is 0.277 e. The molecule has 0 saturated carbocycles. The van der Waals surface area contributed by atoms with E-state index in [9.17, 15) is 10.1 Å². The lowest BCUT2D eigenvalue weighted by Crippen LogP contribution is -2.24. The van der Waals surface area contributed by atoms with Gasteiger partial charge in [-0.2, -0.15) is 10.4 Å². The minimum atomic E-state index is -0.412. The van der Waals surface area contributed by atoms with Gasteiger partial charge in [0.25, 0.3) is 5.91 Å². The number of rotatable bonds is 8. The summed E-state index contributed by atoms with van der Waals surface area (Å²) in [6, 6.07) is 24.2. The minimum Gasteiger partial charge on any atom is -0.488 e. The first kappa shape index (κ1) is 23.0. The molecule has 0 fully saturated rings. The fourth-order valence-electron chi connectivity index (χ4n) is 3.20. The summed E-state index contributed by atoms with van der Waals surface area (Å²) in [5.41, 5.74) is 5.15. The number of fused-ring (bicyclic) bond motifs is 1. The Hall–Kier alpha value is -4.22. The number of hydrazone groups is 1. The van der Waals surface area contributed by atoms with Gasteiger partial charge in [-0.3, -0.25) is 9.78 Å². The monoisotopic (exact) mass is 514 g/mol. The Morgan fingerprint density at radius 1 is 1.06 bits per heavy atom. The highest BCUT2D eigenvalue weighted by atomic mass is 79.9. The second kappa shape index (κ2) is 11.1. The lowest BCUT2D eigenvalue weighted by molar-refractivity contribution is -0.123. The molecule has 34 heavy (non-hydrogen) atoms. The number of aromatic nitrogens is 1. The van der Waals surface area contributed by atoms with Crippen LogP contribution in [0.15, 0.2) is 88.6 Å². The summed E-state index contributed by atoms with van der Waals surface area (Å²) in [6.07, 6.45) is 3.17. The molecule has 0 aliphatic carbocycles. The summed E-state index contributed by atoms with van der Waals surface area (Å²) in [7, 11) is 0. The van der Waals surface area contributed by atoms with Gasteiger partial charge in [0, 0.05) is 27.2 Å². The third kappa shape index (κ3) is 5.77. The van der Waals surface area contributed by atoms with Crippen LogP contribution in [0.5, 0.6) is 11.5 Å². The number of carbonyl (C=O) groups is 1. The fourth-order valence-corrected chi connectivity index (χ4v) is 3.58. The number of halogens is 1. The van der Waals surface area contributed by atoms with E-state index in [1.54, 1.807) is 24.4 Å². The third-order valence-corrected chi connectivity index (χ3v) is 5.33. The zero-order valence-electron chi connectivity index (χ0n) is 17.9. The van der Waals surface area contributed by atoms with Crippen LogP contribution >= 0.6 is 15.9 Å². The standard InChI is InChI=1S/C26H19BrN4O3/c27-22-10-11-23(33-16-20-6-2-1-5-19(20)14-28)21(13-22)15-30-31-25(32)17-34-24-9-3-7-18-8-4-12-29-26(18)24/h1-13,15H,16-17H2,(H,31,32)/b30-15+. The highest BCUT2D eigenvalue weighted by Gasteiger charge is 2.08. The topological polar surface area (TPSA) is 96.6 Å². The summed E-state index contributed by atoms with van der Waals surface area (Å²) < 4.78 is 12.4. The van der Waals surface area contributed by atoms with Crippen molar-refractivity contribution in [3.05, 3.63) is 100 Å². The minimum absolute atomic E-state index is 0.209. The van der Waals surface area contributed by atoms with Gasteiger partial charge in [0.15, 0.2) is 6.61 Å². The number of nitrogens with one attached hydrogen (secondary N) is 1. The van der Waals surface area contributed by atoms with Gasteiger partial charge in [-0.25, -0.2) is 5.43 Å². The zero-order valence-corrected chi connectivity index (χ0v) is 19.5. The molecule has 1 amide bonds. The highest BCUT2D eigenvalue weighted by molar-refractivity contribution is 9.10. The molecule has 0 atom stereocenters. The summed E-state index contributed by atoms with van der Waals surface area (Å²) in [5, 5.41) is 14.2. The molecule has 1 heterocycles. The largest absolute Gasteiger partial charge is 0.488 e. The maximum atomic E-state index is 12.2. The first-order valence-electron chi connectivity index (χ1n) is 10.3. The van der Waals surface area contributed by atoms with Crippen molar-refractivity contribution in [3.8, 4) is 17.6 Å². The van der Waals surface area contributed by atoms with E-state index in [0.717, 1.165) is 15.4 Å². The van der Waals surface area contributed by atoms with E-state index in [0.29, 0.717) is 28.1 Å². The number of hydrogen-bond acceptors (Lipinski definition) is 6. The smallest absolute Gasteiger partial charge is 0.277 e. The van der Waals surface area contributed by atoms with E-state index in [1.807, 2.05) is 54.6 Å². The number of hydrogen-bond donors (Lipinski definition) is 1. The first-order valence-corrected chi connectivity index (χ1v) is 11.1. The molecule has 7 nitrogen and oxygen atoms in total. The van der Waals surface area contributed by atoms with Gasteiger partial charge in [-0.1, -0.05) is 52.3 Å². The van der Waals surface area contributed by atoms with Gasteiger partial charge in [0.2, 0.25) is 0 Å². The molecular weight excluding hydrogens is 496 g/mol. The van der Waals surface area contributed by atoms with Crippen molar-refractivity contribution in [2.45, 2.75) is 6.61 Å². The number of benzene rings is 3. The zero-order chi connectivity index (χ0) is 23.8. The van der Waals surface area contributed by atoms with Crippen molar-refractivity contribution >= 4 is 39.0 Å². The molecular formula is C26H19BrN4O3. The Morgan fingerprint density at radius 2 is 1.91 bits per heavy atom. The lowest BCUT2D eigenvalue weighted by Gasteiger charge is -2.11. The molecule has 3 aromatic carbocycles. The van der Waals surface area contributed by atoms with Crippen LogP contribution < -0.4 is 14.9 Å². The van der Waals surface area contributed by atoms with Gasteiger partial charge >= 0.3 is 0 Å². The molecule has 1 N–H and O–H groups in total. The molecule has 0 saturated heterocycles. The number of amides is 1. The van der Waals surface area contributed by atoms with E-state index in [4.69, 9.17) is 9.47 Å². The number of pyridine rings is 1. The van der Waals surface area contributed by atoms with E-state index >= 15 is 0 Å². The molecule has 0 spiro atoms. The first-order chi connectivity index (χ1) is 16.6. The van der Waals surface area contributed by atoms with Gasteiger partial charge in [0.1, 0.15) is 23.6 Å². The van der Waals surface area contributed by atoms with Crippen LogP contribution in [0, 0.1) is 11.3 Å². The number of ether oxygens (including phenoxy) is 2. The molecule has 4 rings (SSSR count). The highest BCUT2D eigenvalue weighted by Crippen LogP contribution is 2.24. The van der Waals surface area contributed by atoms with E-state index < -0.39 is 5.91 Å². The van der Waals surface area contributed by atoms with E-state index in [-0.39, 0.29) is 13.2 Å². The van der Waals surface area contributed by atoms with Gasteiger partial charge < -0.3 is 9.47 Å². The van der Waals surface area contributed by atoms with Gasteiger partial charge in [-0.05, 0) is 36.4 Å². The fraction of sp³-hybridized carbons (Fsp3) is 0.0769. The van der Waals surface area contributed by atoms with Crippen molar-refractivity contribution in [1.82, 2.24) is 10.4 Å². The second-order valence-corrected chi connectivity index (χ2v) is 8.07. The summed E-state index contributed by atoms with van der Waals surface area (Å²) in [4.78, 5) is 16.5. The Kier molecular flexibility index (Phi) is 7.48. The predicted molar refractivity (Wildman–Crippen MR) is 133 cm³/mol. The summed E-state index contributed by atoms with van der Waals surface area (Å²) >= 11 is 3.43. The maximum absolute atomic E-state index is 12.2. The Labute approximate surface area is 204 Å². The average Bonchev–Trinajstić information content (AvgIpc) is 2.87. The van der Waals surface area contributed by atoms with Crippen LogP contribution in [-0.2, 0) is 11.4 Å². The number of nitrogens with zero attached hydrogens (tertiary/aromatic N) is 3. The Balaban J connectivity index is 1.38. The van der Waals surface area contributed by atoms with E-state index in [2.05, 4.69) is 37.5 Å². The van der Waals surface area contributed by atoms with Gasteiger partial charge in [-0.15, -0.1) is 0 Å². The Morgan fingerprint density at radius 3 is 2.79 bits per heavy atom. The molecule has 1 aromatic heterocycles.